The Hall–Kier alpha value is 0.240. The summed E-state index contributed by atoms with van der Waals surface area (Å²) in [5.74, 6) is 0.195. The third kappa shape index (κ3) is 1.64. The number of rotatable bonds is 2. The molecule has 1 heterocycles. The molecule has 1 unspecified atom stereocenters. The Morgan fingerprint density at radius 2 is 2.40 bits per heavy atom. The lowest BCUT2D eigenvalue weighted by atomic mass is 10.3. The highest BCUT2D eigenvalue weighted by molar-refractivity contribution is 7.10. The van der Waals surface area contributed by atoms with Crippen molar-refractivity contribution in [2.45, 2.75) is 6.10 Å². The van der Waals surface area contributed by atoms with Gasteiger partial charge in [-0.15, -0.1) is 22.9 Å². The van der Waals surface area contributed by atoms with Gasteiger partial charge in [0.25, 0.3) is 0 Å². The van der Waals surface area contributed by atoms with Crippen LogP contribution >= 0.6 is 34.5 Å². The minimum absolute atomic E-state index is 0.195. The van der Waals surface area contributed by atoms with E-state index < -0.39 is 6.10 Å². The van der Waals surface area contributed by atoms with Gasteiger partial charge in [0.2, 0.25) is 0 Å². The molecule has 0 aliphatic rings. The summed E-state index contributed by atoms with van der Waals surface area (Å²) < 4.78 is 0. The van der Waals surface area contributed by atoms with Gasteiger partial charge >= 0.3 is 0 Å². The Morgan fingerprint density at radius 3 is 2.80 bits per heavy atom. The Kier molecular flexibility index (Phi) is 2.98. The number of aliphatic hydroxyl groups excluding tert-OH is 1. The van der Waals surface area contributed by atoms with Gasteiger partial charge in [0.1, 0.15) is 6.10 Å². The quantitative estimate of drug-likeness (QED) is 0.722. The normalized spacial score (nSPS) is 13.5. The molecule has 0 aliphatic carbocycles. The average molecular weight is 197 g/mol. The lowest BCUT2D eigenvalue weighted by Crippen LogP contribution is -1.95. The van der Waals surface area contributed by atoms with Crippen LogP contribution in [0.1, 0.15) is 11.0 Å². The minimum Gasteiger partial charge on any atom is -0.386 e. The van der Waals surface area contributed by atoms with Gasteiger partial charge < -0.3 is 5.11 Å². The molecule has 56 valence electrons. The molecule has 0 saturated carbocycles. The molecular formula is C6H6Cl2OS. The fourth-order valence-corrected chi connectivity index (χ4v) is 2.03. The molecule has 0 aliphatic heterocycles. The van der Waals surface area contributed by atoms with Crippen molar-refractivity contribution >= 4 is 34.5 Å². The molecule has 0 bridgehead atoms. The largest absolute Gasteiger partial charge is 0.386 e. The fourth-order valence-electron chi connectivity index (χ4n) is 0.613. The van der Waals surface area contributed by atoms with Gasteiger partial charge in [-0.1, -0.05) is 11.6 Å². The fraction of sp³-hybridized carbons (Fsp3) is 0.333. The van der Waals surface area contributed by atoms with Crippen LogP contribution in [0.5, 0.6) is 0 Å². The van der Waals surface area contributed by atoms with Crippen LogP contribution < -0.4 is 0 Å². The summed E-state index contributed by atoms with van der Waals surface area (Å²) in [4.78, 5) is 0.747. The highest BCUT2D eigenvalue weighted by Gasteiger charge is 2.10. The number of aliphatic hydroxyl groups is 1. The molecule has 1 N–H and O–H groups in total. The van der Waals surface area contributed by atoms with Crippen LogP contribution in [0.25, 0.3) is 0 Å². The van der Waals surface area contributed by atoms with Crippen LogP contribution in [0.4, 0.5) is 0 Å². The average Bonchev–Trinajstić information content (AvgIpc) is 2.34. The molecule has 0 fully saturated rings. The molecule has 0 saturated heterocycles. The second-order valence-electron chi connectivity index (χ2n) is 1.80. The second kappa shape index (κ2) is 3.58. The van der Waals surface area contributed by atoms with Crippen molar-refractivity contribution in [3.05, 3.63) is 21.3 Å². The number of alkyl halides is 1. The lowest BCUT2D eigenvalue weighted by Gasteiger charge is -2.02. The van der Waals surface area contributed by atoms with Crippen molar-refractivity contribution in [1.29, 1.82) is 0 Å². The van der Waals surface area contributed by atoms with Gasteiger partial charge in [-0.3, -0.25) is 0 Å². The van der Waals surface area contributed by atoms with E-state index in [1.165, 1.54) is 11.3 Å². The van der Waals surface area contributed by atoms with E-state index in [0.717, 1.165) is 4.88 Å². The molecule has 1 nitrogen and oxygen atoms in total. The zero-order chi connectivity index (χ0) is 7.56. The number of thiophene rings is 1. The maximum Gasteiger partial charge on any atom is 0.103 e. The van der Waals surface area contributed by atoms with E-state index in [1.807, 2.05) is 5.38 Å². The summed E-state index contributed by atoms with van der Waals surface area (Å²) in [5, 5.41) is 11.6. The van der Waals surface area contributed by atoms with E-state index in [2.05, 4.69) is 0 Å². The van der Waals surface area contributed by atoms with Crippen LogP contribution in [0.2, 0.25) is 5.02 Å². The van der Waals surface area contributed by atoms with Crippen molar-refractivity contribution in [2.75, 3.05) is 5.88 Å². The van der Waals surface area contributed by atoms with Crippen molar-refractivity contribution < 1.29 is 5.11 Å². The number of hydrogen-bond donors (Lipinski definition) is 1. The van der Waals surface area contributed by atoms with Crippen LogP contribution in [0, 0.1) is 0 Å². The summed E-state index contributed by atoms with van der Waals surface area (Å²) in [6, 6.07) is 1.75. The number of halogens is 2. The molecular weight excluding hydrogens is 191 g/mol. The van der Waals surface area contributed by atoms with Crippen LogP contribution in [0.15, 0.2) is 11.4 Å². The summed E-state index contributed by atoms with van der Waals surface area (Å²) in [6.07, 6.45) is -0.617. The summed E-state index contributed by atoms with van der Waals surface area (Å²) in [5.41, 5.74) is 0. The van der Waals surface area contributed by atoms with E-state index in [1.54, 1.807) is 6.07 Å². The maximum atomic E-state index is 9.19. The van der Waals surface area contributed by atoms with Gasteiger partial charge in [-0.25, -0.2) is 0 Å². The highest BCUT2D eigenvalue weighted by Crippen LogP contribution is 2.28. The standard InChI is InChI=1S/C6H6Cl2OS/c7-3-5(9)6-4(8)1-2-10-6/h1-2,5,9H,3H2. The molecule has 10 heavy (non-hydrogen) atoms. The Balaban J connectivity index is 2.82. The Labute approximate surface area is 73.2 Å². The van der Waals surface area contributed by atoms with Crippen molar-refractivity contribution in [1.82, 2.24) is 0 Å². The molecule has 1 aromatic rings. The van der Waals surface area contributed by atoms with E-state index in [9.17, 15) is 5.11 Å². The zero-order valence-corrected chi connectivity index (χ0v) is 7.38. The minimum atomic E-state index is -0.617. The first-order valence-corrected chi connectivity index (χ1v) is 4.52. The van der Waals surface area contributed by atoms with Gasteiger partial charge in [-0.05, 0) is 11.4 Å². The van der Waals surface area contributed by atoms with E-state index in [4.69, 9.17) is 23.2 Å². The number of hydrogen-bond acceptors (Lipinski definition) is 2. The van der Waals surface area contributed by atoms with E-state index >= 15 is 0 Å². The second-order valence-corrected chi connectivity index (χ2v) is 3.47. The highest BCUT2D eigenvalue weighted by atomic mass is 35.5. The smallest absolute Gasteiger partial charge is 0.103 e. The monoisotopic (exact) mass is 196 g/mol. The third-order valence-electron chi connectivity index (χ3n) is 1.09. The van der Waals surface area contributed by atoms with Crippen LogP contribution in [-0.2, 0) is 0 Å². The lowest BCUT2D eigenvalue weighted by molar-refractivity contribution is 0.206. The molecule has 1 aromatic heterocycles. The van der Waals surface area contributed by atoms with E-state index in [0.29, 0.717) is 5.02 Å². The molecule has 0 amide bonds. The molecule has 0 radical (unpaired) electrons. The molecule has 0 aromatic carbocycles. The Bertz CT molecular complexity index is 211. The first-order chi connectivity index (χ1) is 4.75. The summed E-state index contributed by atoms with van der Waals surface area (Å²) >= 11 is 12.5. The van der Waals surface area contributed by atoms with Crippen molar-refractivity contribution in [3.63, 3.8) is 0 Å². The zero-order valence-electron chi connectivity index (χ0n) is 5.05. The van der Waals surface area contributed by atoms with Crippen LogP contribution in [-0.4, -0.2) is 11.0 Å². The van der Waals surface area contributed by atoms with Crippen molar-refractivity contribution in [3.8, 4) is 0 Å². The molecule has 1 atom stereocenters. The summed E-state index contributed by atoms with van der Waals surface area (Å²) in [7, 11) is 0. The Morgan fingerprint density at radius 1 is 1.70 bits per heavy atom. The first-order valence-electron chi connectivity index (χ1n) is 2.72. The SMILES string of the molecule is OC(CCl)c1sccc1Cl. The van der Waals surface area contributed by atoms with Gasteiger partial charge in [0, 0.05) is 0 Å². The van der Waals surface area contributed by atoms with E-state index in [-0.39, 0.29) is 5.88 Å². The molecule has 4 heteroatoms. The molecule has 1 rings (SSSR count). The van der Waals surface area contributed by atoms with Gasteiger partial charge in [0.15, 0.2) is 0 Å². The predicted octanol–water partition coefficient (Wildman–Crippen LogP) is 2.67. The summed E-state index contributed by atoms with van der Waals surface area (Å²) in [6.45, 7) is 0. The van der Waals surface area contributed by atoms with Crippen LogP contribution in [0.3, 0.4) is 0 Å². The van der Waals surface area contributed by atoms with Gasteiger partial charge in [-0.2, -0.15) is 0 Å². The van der Waals surface area contributed by atoms with Crippen molar-refractivity contribution in [2.24, 2.45) is 0 Å². The topological polar surface area (TPSA) is 20.2 Å². The molecule has 0 spiro atoms. The first kappa shape index (κ1) is 8.34. The predicted molar refractivity (Wildman–Crippen MR) is 45.0 cm³/mol. The third-order valence-corrected chi connectivity index (χ3v) is 2.85. The van der Waals surface area contributed by atoms with Gasteiger partial charge in [0.05, 0.1) is 15.8 Å². The maximum absolute atomic E-state index is 9.19.